The normalized spacial score (nSPS) is 10.1. The number of carbonyl (C=O) groups excluding carboxylic acids is 2. The lowest BCUT2D eigenvalue weighted by molar-refractivity contribution is -0.140. The first-order chi connectivity index (χ1) is 8.72. The topological polar surface area (TPSA) is 43.4 Å². The standard InChI is InChI=1S/C15H20O3/c1-18-15(17)10-6-5-9-14(16)12-11-13-7-3-2-4-8-13/h2-4,7-8H,5-6,9-12H2,1H3. The number of hydrogen-bond acceptors (Lipinski definition) is 3. The molecule has 1 aromatic rings. The highest BCUT2D eigenvalue weighted by Crippen LogP contribution is 2.07. The maximum absolute atomic E-state index is 11.6. The third-order valence-electron chi connectivity index (χ3n) is 2.85. The number of ether oxygens (including phenoxy) is 1. The third kappa shape index (κ3) is 6.18. The van der Waals surface area contributed by atoms with Crippen LogP contribution in [0.4, 0.5) is 0 Å². The molecule has 0 saturated carbocycles. The summed E-state index contributed by atoms with van der Waals surface area (Å²) in [5, 5.41) is 0. The summed E-state index contributed by atoms with van der Waals surface area (Å²) in [7, 11) is 1.38. The van der Waals surface area contributed by atoms with Gasteiger partial charge in [0.2, 0.25) is 0 Å². The van der Waals surface area contributed by atoms with Gasteiger partial charge in [-0.15, -0.1) is 0 Å². The van der Waals surface area contributed by atoms with Crippen LogP contribution in [0.1, 0.15) is 37.7 Å². The van der Waals surface area contributed by atoms with E-state index in [0.717, 1.165) is 19.3 Å². The molecule has 98 valence electrons. The molecule has 1 rings (SSSR count). The number of benzene rings is 1. The molecule has 0 amide bonds. The van der Waals surface area contributed by atoms with Gasteiger partial charge in [0.1, 0.15) is 5.78 Å². The Bertz CT molecular complexity index is 371. The van der Waals surface area contributed by atoms with Crippen LogP contribution in [0.5, 0.6) is 0 Å². The van der Waals surface area contributed by atoms with E-state index in [1.165, 1.54) is 12.7 Å². The SMILES string of the molecule is COC(=O)CCCCC(=O)CCc1ccccc1. The smallest absolute Gasteiger partial charge is 0.305 e. The van der Waals surface area contributed by atoms with Gasteiger partial charge in [0.05, 0.1) is 7.11 Å². The van der Waals surface area contributed by atoms with Crippen LogP contribution in [0.25, 0.3) is 0 Å². The fourth-order valence-electron chi connectivity index (χ4n) is 1.75. The number of unbranched alkanes of at least 4 members (excludes halogenated alkanes) is 1. The molecule has 0 aliphatic carbocycles. The minimum absolute atomic E-state index is 0.202. The van der Waals surface area contributed by atoms with E-state index in [2.05, 4.69) is 4.74 Å². The molecule has 3 nitrogen and oxygen atoms in total. The second-order valence-electron chi connectivity index (χ2n) is 4.31. The summed E-state index contributed by atoms with van der Waals surface area (Å²) in [4.78, 5) is 22.5. The third-order valence-corrected chi connectivity index (χ3v) is 2.85. The Hall–Kier alpha value is -1.64. The molecule has 0 fully saturated rings. The van der Waals surface area contributed by atoms with Crippen LogP contribution in [0.15, 0.2) is 30.3 Å². The van der Waals surface area contributed by atoms with Crippen LogP contribution in [0, 0.1) is 0 Å². The van der Waals surface area contributed by atoms with Crippen LogP contribution < -0.4 is 0 Å². The largest absolute Gasteiger partial charge is 0.469 e. The Morgan fingerprint density at radius 2 is 1.67 bits per heavy atom. The minimum atomic E-state index is -0.202. The number of Topliss-reactive ketones (excluding diaryl/α,β-unsaturated/α-hetero) is 1. The van der Waals surface area contributed by atoms with Crippen molar-refractivity contribution in [3.05, 3.63) is 35.9 Å². The molecule has 0 spiro atoms. The van der Waals surface area contributed by atoms with Crippen molar-refractivity contribution in [3.63, 3.8) is 0 Å². The van der Waals surface area contributed by atoms with Gasteiger partial charge in [-0.25, -0.2) is 0 Å². The molecule has 0 radical (unpaired) electrons. The Kier molecular flexibility index (Phi) is 6.77. The highest BCUT2D eigenvalue weighted by atomic mass is 16.5. The second kappa shape index (κ2) is 8.45. The molecular weight excluding hydrogens is 228 g/mol. The summed E-state index contributed by atoms with van der Waals surface area (Å²) in [5.74, 6) is 0.0652. The lowest BCUT2D eigenvalue weighted by atomic mass is 10.0. The number of carbonyl (C=O) groups is 2. The van der Waals surface area contributed by atoms with Crippen molar-refractivity contribution in [1.82, 2.24) is 0 Å². The molecule has 0 saturated heterocycles. The molecule has 0 aliphatic rings. The number of aryl methyl sites for hydroxylation is 1. The number of esters is 1. The zero-order valence-electron chi connectivity index (χ0n) is 10.9. The zero-order valence-corrected chi connectivity index (χ0v) is 10.9. The number of hydrogen-bond donors (Lipinski definition) is 0. The molecule has 3 heteroatoms. The van der Waals surface area contributed by atoms with Gasteiger partial charge in [0.25, 0.3) is 0 Å². The molecule has 0 aliphatic heterocycles. The Morgan fingerprint density at radius 3 is 2.33 bits per heavy atom. The van der Waals surface area contributed by atoms with E-state index in [-0.39, 0.29) is 11.8 Å². The molecule has 1 aromatic carbocycles. The van der Waals surface area contributed by atoms with Crippen LogP contribution in [-0.2, 0) is 20.7 Å². The predicted octanol–water partition coefficient (Wildman–Crippen LogP) is 2.92. The summed E-state index contributed by atoms with van der Waals surface area (Å²) in [5.41, 5.74) is 1.19. The Balaban J connectivity index is 2.09. The van der Waals surface area contributed by atoms with Gasteiger partial charge in [0.15, 0.2) is 0 Å². The summed E-state index contributed by atoms with van der Waals surface area (Å²) >= 11 is 0. The molecular formula is C15H20O3. The number of ketones is 1. The van der Waals surface area contributed by atoms with Gasteiger partial charge in [-0.05, 0) is 24.8 Å². The average molecular weight is 248 g/mol. The van der Waals surface area contributed by atoms with Crippen molar-refractivity contribution in [2.45, 2.75) is 38.5 Å². The molecule has 0 heterocycles. The highest BCUT2D eigenvalue weighted by Gasteiger charge is 2.04. The van der Waals surface area contributed by atoms with E-state index < -0.39 is 0 Å². The molecule has 0 atom stereocenters. The fraction of sp³-hybridized carbons (Fsp3) is 0.467. The maximum Gasteiger partial charge on any atom is 0.305 e. The predicted molar refractivity (Wildman–Crippen MR) is 70.3 cm³/mol. The van der Waals surface area contributed by atoms with Crippen LogP contribution in [0.2, 0.25) is 0 Å². The van der Waals surface area contributed by atoms with Crippen molar-refractivity contribution in [3.8, 4) is 0 Å². The van der Waals surface area contributed by atoms with E-state index in [9.17, 15) is 9.59 Å². The first-order valence-electron chi connectivity index (χ1n) is 6.35. The maximum atomic E-state index is 11.6. The summed E-state index contributed by atoms with van der Waals surface area (Å²) in [6, 6.07) is 10.00. The molecule has 0 bridgehead atoms. The van der Waals surface area contributed by atoms with Gasteiger partial charge in [0, 0.05) is 19.3 Å². The summed E-state index contributed by atoms with van der Waals surface area (Å²) in [6.07, 6.45) is 3.84. The van der Waals surface area contributed by atoms with Crippen molar-refractivity contribution in [2.24, 2.45) is 0 Å². The minimum Gasteiger partial charge on any atom is -0.469 e. The molecule has 18 heavy (non-hydrogen) atoms. The Morgan fingerprint density at radius 1 is 1.00 bits per heavy atom. The molecule has 0 unspecified atom stereocenters. The van der Waals surface area contributed by atoms with Crippen molar-refractivity contribution >= 4 is 11.8 Å². The number of methoxy groups -OCH3 is 1. The van der Waals surface area contributed by atoms with Crippen LogP contribution in [-0.4, -0.2) is 18.9 Å². The van der Waals surface area contributed by atoms with Gasteiger partial charge in [-0.2, -0.15) is 0 Å². The van der Waals surface area contributed by atoms with Crippen molar-refractivity contribution < 1.29 is 14.3 Å². The van der Waals surface area contributed by atoms with Gasteiger partial charge in [-0.3, -0.25) is 9.59 Å². The van der Waals surface area contributed by atoms with E-state index in [1.807, 2.05) is 30.3 Å². The van der Waals surface area contributed by atoms with E-state index in [0.29, 0.717) is 19.3 Å². The second-order valence-corrected chi connectivity index (χ2v) is 4.31. The molecule has 0 N–H and O–H groups in total. The van der Waals surface area contributed by atoms with E-state index in [1.54, 1.807) is 0 Å². The monoisotopic (exact) mass is 248 g/mol. The quantitative estimate of drug-likeness (QED) is 0.525. The highest BCUT2D eigenvalue weighted by molar-refractivity contribution is 5.78. The summed E-state index contributed by atoms with van der Waals surface area (Å²) in [6.45, 7) is 0. The average Bonchev–Trinajstić information content (AvgIpc) is 2.42. The van der Waals surface area contributed by atoms with E-state index in [4.69, 9.17) is 0 Å². The van der Waals surface area contributed by atoms with Crippen LogP contribution >= 0.6 is 0 Å². The van der Waals surface area contributed by atoms with Crippen molar-refractivity contribution in [1.29, 1.82) is 0 Å². The fourth-order valence-corrected chi connectivity index (χ4v) is 1.75. The van der Waals surface area contributed by atoms with E-state index >= 15 is 0 Å². The first-order valence-corrected chi connectivity index (χ1v) is 6.35. The van der Waals surface area contributed by atoms with Gasteiger partial charge in [-0.1, -0.05) is 30.3 Å². The first kappa shape index (κ1) is 14.4. The zero-order chi connectivity index (χ0) is 13.2. The number of rotatable bonds is 8. The van der Waals surface area contributed by atoms with Crippen LogP contribution in [0.3, 0.4) is 0 Å². The van der Waals surface area contributed by atoms with Gasteiger partial charge >= 0.3 is 5.97 Å². The van der Waals surface area contributed by atoms with Crippen molar-refractivity contribution in [2.75, 3.05) is 7.11 Å². The lowest BCUT2D eigenvalue weighted by Crippen LogP contribution is -2.02. The summed E-state index contributed by atoms with van der Waals surface area (Å²) < 4.78 is 4.54. The lowest BCUT2D eigenvalue weighted by Gasteiger charge is -2.02. The molecule has 0 aromatic heterocycles. The Labute approximate surface area is 108 Å². The van der Waals surface area contributed by atoms with Gasteiger partial charge < -0.3 is 4.74 Å².